The van der Waals surface area contributed by atoms with Crippen LogP contribution >= 0.6 is 39.0 Å². The molecule has 0 aliphatic carbocycles. The number of aliphatic hydroxyl groups is 1. The molecule has 0 spiro atoms. The van der Waals surface area contributed by atoms with E-state index in [2.05, 4.69) is 22.0 Å². The molecule has 1 aliphatic rings. The van der Waals surface area contributed by atoms with E-state index in [0.717, 1.165) is 32.8 Å². The molecule has 0 amide bonds. The standard InChI is InChI=1S/C16H17BrO2S2/c1-19-12-2-3-13(17)10(6-12)7-14(18)16-8-11-9-20-5-4-15(11)21-16/h2-3,6,8,14,18H,4-5,7,9H2,1H3. The van der Waals surface area contributed by atoms with Crippen molar-refractivity contribution in [3.63, 3.8) is 0 Å². The van der Waals surface area contributed by atoms with E-state index < -0.39 is 6.10 Å². The molecule has 1 unspecified atom stereocenters. The van der Waals surface area contributed by atoms with Crippen molar-refractivity contribution in [1.29, 1.82) is 0 Å². The molecular formula is C16H17BrO2S2. The van der Waals surface area contributed by atoms with Crippen LogP contribution < -0.4 is 4.74 Å². The van der Waals surface area contributed by atoms with Crippen molar-refractivity contribution in [3.05, 3.63) is 49.6 Å². The molecule has 2 nitrogen and oxygen atoms in total. The Bertz CT molecular complexity index is 616. The van der Waals surface area contributed by atoms with Crippen molar-refractivity contribution in [3.8, 4) is 5.75 Å². The average molecular weight is 385 g/mol. The molecule has 21 heavy (non-hydrogen) atoms. The summed E-state index contributed by atoms with van der Waals surface area (Å²) >= 11 is 7.29. The summed E-state index contributed by atoms with van der Waals surface area (Å²) in [6, 6.07) is 8.06. The number of benzene rings is 1. The fourth-order valence-corrected chi connectivity index (χ4v) is 5.25. The first-order valence-electron chi connectivity index (χ1n) is 6.87. The molecule has 1 atom stereocenters. The topological polar surface area (TPSA) is 29.5 Å². The van der Waals surface area contributed by atoms with Crippen molar-refractivity contribution < 1.29 is 9.84 Å². The summed E-state index contributed by atoms with van der Waals surface area (Å²) in [5.41, 5.74) is 2.48. The van der Waals surface area contributed by atoms with Gasteiger partial charge in [-0.1, -0.05) is 15.9 Å². The average Bonchev–Trinajstić information content (AvgIpc) is 2.93. The number of hydrogen-bond acceptors (Lipinski definition) is 4. The van der Waals surface area contributed by atoms with E-state index in [4.69, 9.17) is 4.74 Å². The van der Waals surface area contributed by atoms with Gasteiger partial charge in [-0.3, -0.25) is 0 Å². The second-order valence-corrected chi connectivity index (χ2v) is 8.20. The summed E-state index contributed by atoms with van der Waals surface area (Å²) in [7, 11) is 1.66. The molecule has 2 aromatic rings. The number of thiophene rings is 1. The van der Waals surface area contributed by atoms with Gasteiger partial charge in [-0.2, -0.15) is 11.8 Å². The monoisotopic (exact) mass is 384 g/mol. The summed E-state index contributed by atoms with van der Waals surface area (Å²) in [5.74, 6) is 3.11. The van der Waals surface area contributed by atoms with Gasteiger partial charge in [-0.05, 0) is 47.6 Å². The van der Waals surface area contributed by atoms with Crippen LogP contribution in [0.15, 0.2) is 28.7 Å². The lowest BCUT2D eigenvalue weighted by atomic mass is 10.1. The zero-order valence-electron chi connectivity index (χ0n) is 11.8. The number of rotatable bonds is 4. The summed E-state index contributed by atoms with van der Waals surface area (Å²) in [6.45, 7) is 0. The fourth-order valence-electron chi connectivity index (χ4n) is 2.48. The summed E-state index contributed by atoms with van der Waals surface area (Å²) in [6.07, 6.45) is 1.29. The number of ether oxygens (including phenoxy) is 1. The number of fused-ring (bicyclic) bond motifs is 1. The van der Waals surface area contributed by atoms with E-state index in [9.17, 15) is 5.11 Å². The highest BCUT2D eigenvalue weighted by atomic mass is 79.9. The van der Waals surface area contributed by atoms with Crippen molar-refractivity contribution in [2.75, 3.05) is 12.9 Å². The molecule has 1 aromatic heterocycles. The van der Waals surface area contributed by atoms with Crippen LogP contribution in [0, 0.1) is 0 Å². The van der Waals surface area contributed by atoms with Crippen LogP contribution in [-0.2, 0) is 18.6 Å². The van der Waals surface area contributed by atoms with Crippen LogP contribution in [0.5, 0.6) is 5.75 Å². The van der Waals surface area contributed by atoms with Crippen molar-refractivity contribution >= 4 is 39.0 Å². The minimum atomic E-state index is -0.450. The number of thioether (sulfide) groups is 1. The van der Waals surface area contributed by atoms with Gasteiger partial charge in [0.25, 0.3) is 0 Å². The van der Waals surface area contributed by atoms with Crippen LogP contribution in [0.4, 0.5) is 0 Å². The first-order valence-corrected chi connectivity index (χ1v) is 9.63. The van der Waals surface area contributed by atoms with Gasteiger partial charge in [0.05, 0.1) is 13.2 Å². The van der Waals surface area contributed by atoms with Gasteiger partial charge in [0.1, 0.15) is 5.75 Å². The Kier molecular flexibility index (Phi) is 4.94. The summed E-state index contributed by atoms with van der Waals surface area (Å²) < 4.78 is 6.27. The SMILES string of the molecule is COc1ccc(Br)c(CC(O)c2cc3c(s2)CCSC3)c1. The number of methoxy groups -OCH3 is 1. The normalized spacial score (nSPS) is 15.6. The second-order valence-electron chi connectivity index (χ2n) is 5.08. The van der Waals surface area contributed by atoms with Crippen molar-refractivity contribution in [2.45, 2.75) is 24.7 Å². The zero-order chi connectivity index (χ0) is 14.8. The Morgan fingerprint density at radius 2 is 2.24 bits per heavy atom. The maximum atomic E-state index is 10.6. The minimum absolute atomic E-state index is 0.450. The van der Waals surface area contributed by atoms with Gasteiger partial charge in [-0.25, -0.2) is 0 Å². The number of aliphatic hydroxyl groups excluding tert-OH is 1. The Morgan fingerprint density at radius 3 is 3.00 bits per heavy atom. The second kappa shape index (κ2) is 6.73. The molecule has 1 aliphatic heterocycles. The lowest BCUT2D eigenvalue weighted by molar-refractivity contribution is 0.182. The molecule has 1 aromatic carbocycles. The predicted molar refractivity (Wildman–Crippen MR) is 93.5 cm³/mol. The van der Waals surface area contributed by atoms with Crippen LogP contribution in [0.3, 0.4) is 0 Å². The first kappa shape index (κ1) is 15.4. The highest BCUT2D eigenvalue weighted by Crippen LogP contribution is 2.36. The molecule has 2 heterocycles. The van der Waals surface area contributed by atoms with E-state index in [1.165, 1.54) is 16.2 Å². The lowest BCUT2D eigenvalue weighted by Gasteiger charge is -2.11. The molecule has 0 radical (unpaired) electrons. The maximum Gasteiger partial charge on any atom is 0.119 e. The lowest BCUT2D eigenvalue weighted by Crippen LogP contribution is -2.01. The smallest absolute Gasteiger partial charge is 0.119 e. The van der Waals surface area contributed by atoms with Crippen molar-refractivity contribution in [1.82, 2.24) is 0 Å². The van der Waals surface area contributed by atoms with Crippen LogP contribution in [0.1, 0.15) is 27.0 Å². The quantitative estimate of drug-likeness (QED) is 0.835. The van der Waals surface area contributed by atoms with E-state index in [0.29, 0.717) is 6.42 Å². The molecule has 0 saturated carbocycles. The molecule has 0 bridgehead atoms. The highest BCUT2D eigenvalue weighted by molar-refractivity contribution is 9.10. The van der Waals surface area contributed by atoms with Gasteiger partial charge >= 0.3 is 0 Å². The van der Waals surface area contributed by atoms with Crippen LogP contribution in [0.2, 0.25) is 0 Å². The number of aryl methyl sites for hydroxylation is 1. The molecule has 5 heteroatoms. The Morgan fingerprint density at radius 1 is 1.38 bits per heavy atom. The molecule has 3 rings (SSSR count). The third kappa shape index (κ3) is 3.47. The Hall–Kier alpha value is -0.490. The van der Waals surface area contributed by atoms with Crippen LogP contribution in [0.25, 0.3) is 0 Å². The number of hydrogen-bond donors (Lipinski definition) is 1. The largest absolute Gasteiger partial charge is 0.497 e. The highest BCUT2D eigenvalue weighted by Gasteiger charge is 2.19. The molecule has 1 N–H and O–H groups in total. The number of halogens is 1. The van der Waals surface area contributed by atoms with Gasteiger partial charge in [-0.15, -0.1) is 11.3 Å². The van der Waals surface area contributed by atoms with E-state index in [1.807, 2.05) is 30.0 Å². The van der Waals surface area contributed by atoms with Gasteiger partial charge in [0, 0.05) is 26.4 Å². The Labute approximate surface area is 141 Å². The predicted octanol–water partition coefficient (Wildman–Crippen LogP) is 4.58. The minimum Gasteiger partial charge on any atom is -0.497 e. The first-order chi connectivity index (χ1) is 10.2. The summed E-state index contributed by atoms with van der Waals surface area (Å²) in [4.78, 5) is 2.53. The molecule has 0 saturated heterocycles. The molecule has 0 fully saturated rings. The van der Waals surface area contributed by atoms with Gasteiger partial charge in [0.2, 0.25) is 0 Å². The van der Waals surface area contributed by atoms with E-state index in [1.54, 1.807) is 18.4 Å². The Balaban J connectivity index is 1.79. The van der Waals surface area contributed by atoms with E-state index in [-0.39, 0.29) is 0 Å². The fraction of sp³-hybridized carbons (Fsp3) is 0.375. The third-order valence-corrected chi connectivity index (χ3v) is 6.76. The van der Waals surface area contributed by atoms with Gasteiger partial charge in [0.15, 0.2) is 0 Å². The van der Waals surface area contributed by atoms with Crippen LogP contribution in [-0.4, -0.2) is 18.0 Å². The zero-order valence-corrected chi connectivity index (χ0v) is 15.0. The maximum absolute atomic E-state index is 10.6. The van der Waals surface area contributed by atoms with Crippen molar-refractivity contribution in [2.24, 2.45) is 0 Å². The summed E-state index contributed by atoms with van der Waals surface area (Å²) in [5, 5.41) is 10.6. The molecular weight excluding hydrogens is 368 g/mol. The molecule has 112 valence electrons. The van der Waals surface area contributed by atoms with E-state index >= 15 is 0 Å². The van der Waals surface area contributed by atoms with Gasteiger partial charge < -0.3 is 9.84 Å². The third-order valence-electron chi connectivity index (χ3n) is 3.64.